The quantitative estimate of drug-likeness (QED) is 0.414. The topological polar surface area (TPSA) is 94.8 Å². The lowest BCUT2D eigenvalue weighted by atomic mass is 9.92. The van der Waals surface area contributed by atoms with Crippen molar-refractivity contribution in [2.24, 2.45) is 11.8 Å². The highest BCUT2D eigenvalue weighted by Crippen LogP contribution is 2.38. The van der Waals surface area contributed by atoms with Gasteiger partial charge in [-0.05, 0) is 17.4 Å². The summed E-state index contributed by atoms with van der Waals surface area (Å²) in [5, 5.41) is 0. The van der Waals surface area contributed by atoms with Gasteiger partial charge < -0.3 is 14.3 Å². The van der Waals surface area contributed by atoms with Crippen molar-refractivity contribution in [2.75, 3.05) is 38.5 Å². The second-order valence-electron chi connectivity index (χ2n) is 6.66. The number of quaternary nitrogens is 1. The molecule has 0 aromatic carbocycles. The number of rotatable bonds is 10. The van der Waals surface area contributed by atoms with Gasteiger partial charge in [0.15, 0.2) is 6.16 Å². The van der Waals surface area contributed by atoms with E-state index in [2.05, 4.69) is 13.8 Å². The van der Waals surface area contributed by atoms with Crippen LogP contribution in [0.4, 0.5) is 0 Å². The van der Waals surface area contributed by atoms with Gasteiger partial charge in [0, 0.05) is 24.7 Å². The van der Waals surface area contributed by atoms with Crippen molar-refractivity contribution >= 4 is 15.6 Å². The third-order valence-electron chi connectivity index (χ3n) is 5.02. The highest BCUT2D eigenvalue weighted by molar-refractivity contribution is 7.51. The van der Waals surface area contributed by atoms with Crippen LogP contribution in [-0.2, 0) is 9.13 Å². The van der Waals surface area contributed by atoms with Crippen molar-refractivity contribution in [3.63, 3.8) is 0 Å². The molecule has 0 aromatic rings. The summed E-state index contributed by atoms with van der Waals surface area (Å²) in [7, 11) is -6.02. The van der Waals surface area contributed by atoms with Crippen LogP contribution in [0.25, 0.3) is 0 Å². The molecule has 1 aliphatic heterocycles. The summed E-state index contributed by atoms with van der Waals surface area (Å²) in [6, 6.07) is 0. The summed E-state index contributed by atoms with van der Waals surface area (Å²) in [5.74, 6) is 1.31. The fourth-order valence-corrected chi connectivity index (χ4v) is 4.89. The zero-order valence-electron chi connectivity index (χ0n) is 13.7. The largest absolute Gasteiger partial charge is 0.505 e. The van der Waals surface area contributed by atoms with Gasteiger partial charge in [-0.1, -0.05) is 13.8 Å². The summed E-state index contributed by atoms with van der Waals surface area (Å²) >= 11 is 0. The molecule has 1 fully saturated rings. The van der Waals surface area contributed by atoms with Crippen molar-refractivity contribution in [1.82, 2.24) is 0 Å². The first-order chi connectivity index (χ1) is 10.2. The number of hydrogen-bond donors (Lipinski definition) is 3. The Hall–Kier alpha value is 0.170. The normalized spacial score (nSPS) is 29.8. The molecule has 22 heavy (non-hydrogen) atoms. The molecule has 0 saturated carbocycles. The lowest BCUT2D eigenvalue weighted by molar-refractivity contribution is -0.919. The second kappa shape index (κ2) is 8.86. The molecule has 0 radical (unpaired) electrons. The molecule has 0 aromatic heterocycles. The van der Waals surface area contributed by atoms with Crippen LogP contribution in [0.5, 0.6) is 0 Å². The average molecular weight is 355 g/mol. The van der Waals surface area contributed by atoms with E-state index in [0.29, 0.717) is 30.8 Å². The van der Waals surface area contributed by atoms with Gasteiger partial charge in [-0.25, -0.2) is 0 Å². The van der Waals surface area contributed by atoms with Gasteiger partial charge in [0.1, 0.15) is 0 Å². The second-order valence-corrected chi connectivity index (χ2v) is 9.59. The third kappa shape index (κ3) is 6.74. The van der Waals surface area contributed by atoms with Gasteiger partial charge in [0.2, 0.25) is 0 Å². The molecule has 0 bridgehead atoms. The monoisotopic (exact) mass is 355 g/mol. The molecule has 0 amide bonds. The highest BCUT2D eigenvalue weighted by Gasteiger charge is 2.43. The van der Waals surface area contributed by atoms with Gasteiger partial charge in [-0.2, -0.15) is 4.89 Å². The van der Waals surface area contributed by atoms with E-state index in [1.807, 2.05) is 0 Å². The maximum absolute atomic E-state index is 11.1. The van der Waals surface area contributed by atoms with Crippen molar-refractivity contribution in [3.05, 3.63) is 0 Å². The number of nitrogens with zero attached hydrogens (tertiary/aromatic N) is 1. The maximum Gasteiger partial charge on any atom is 0.505 e. The SMILES string of the molecule is CCC1C[N+](CCC[P+](=O)O)(CCCP(=O)(O)O)CC1CC. The lowest BCUT2D eigenvalue weighted by Crippen LogP contribution is -2.48. The number of likely N-dealkylation sites (tertiary alicyclic amines) is 1. The van der Waals surface area contributed by atoms with Crippen molar-refractivity contribution < 1.29 is 28.3 Å². The Bertz CT molecular complexity index is 400. The molecule has 8 heteroatoms. The van der Waals surface area contributed by atoms with E-state index in [1.54, 1.807) is 0 Å². The van der Waals surface area contributed by atoms with Crippen LogP contribution in [-0.4, -0.2) is 57.7 Å². The number of hydrogen-bond acceptors (Lipinski definition) is 2. The van der Waals surface area contributed by atoms with E-state index in [-0.39, 0.29) is 6.16 Å². The van der Waals surface area contributed by atoms with Crippen LogP contribution in [0.2, 0.25) is 0 Å². The molecule has 1 heterocycles. The standard InChI is InChI=1S/C14H29NO5P2/c1-3-13-11-15(12-14(13)4-2,7-5-9-21(16)17)8-6-10-22(18,19)20/h13-14H,3-12H2,1-2H3,(H-2,16,17,18,19,20)/p+2. The van der Waals surface area contributed by atoms with Crippen LogP contribution in [0.3, 0.4) is 0 Å². The van der Waals surface area contributed by atoms with Crippen molar-refractivity contribution in [3.8, 4) is 0 Å². The van der Waals surface area contributed by atoms with Crippen LogP contribution >= 0.6 is 15.6 Å². The Morgan fingerprint density at radius 2 is 1.59 bits per heavy atom. The zero-order chi connectivity index (χ0) is 16.8. The average Bonchev–Trinajstić information content (AvgIpc) is 2.75. The predicted octanol–water partition coefficient (Wildman–Crippen LogP) is 2.56. The molecule has 0 spiro atoms. The Balaban J connectivity index is 2.68. The molecule has 6 nitrogen and oxygen atoms in total. The minimum absolute atomic E-state index is 0.0607. The Morgan fingerprint density at radius 1 is 1.09 bits per heavy atom. The van der Waals surface area contributed by atoms with Crippen molar-refractivity contribution in [1.29, 1.82) is 0 Å². The van der Waals surface area contributed by atoms with Gasteiger partial charge in [0.25, 0.3) is 0 Å². The van der Waals surface area contributed by atoms with E-state index in [1.165, 1.54) is 0 Å². The summed E-state index contributed by atoms with van der Waals surface area (Å²) < 4.78 is 22.8. The van der Waals surface area contributed by atoms with Crippen LogP contribution in [0.15, 0.2) is 0 Å². The molecule has 1 aliphatic rings. The zero-order valence-corrected chi connectivity index (χ0v) is 15.5. The summed E-state index contributed by atoms with van der Waals surface area (Å²) in [6.07, 6.45) is 3.74. The minimum Gasteiger partial charge on any atom is -0.324 e. The van der Waals surface area contributed by atoms with Crippen LogP contribution in [0, 0.1) is 11.8 Å². The molecule has 1 rings (SSSR count). The van der Waals surface area contributed by atoms with Gasteiger partial charge in [-0.15, -0.1) is 0 Å². The summed E-state index contributed by atoms with van der Waals surface area (Å²) in [5.41, 5.74) is 0. The molecule has 3 atom stereocenters. The van der Waals surface area contributed by atoms with Crippen molar-refractivity contribution in [2.45, 2.75) is 39.5 Å². The smallest absolute Gasteiger partial charge is 0.324 e. The fourth-order valence-electron chi connectivity index (χ4n) is 3.92. The van der Waals surface area contributed by atoms with E-state index in [4.69, 9.17) is 14.7 Å². The molecule has 3 unspecified atom stereocenters. The first-order valence-corrected chi connectivity index (χ1v) is 11.4. The molecular formula is C14H31NO5P2+2. The predicted molar refractivity (Wildman–Crippen MR) is 88.1 cm³/mol. The molecular weight excluding hydrogens is 324 g/mol. The third-order valence-corrected chi connectivity index (χ3v) is 6.62. The Morgan fingerprint density at radius 3 is 2.00 bits per heavy atom. The Kier molecular flexibility index (Phi) is 8.15. The highest BCUT2D eigenvalue weighted by atomic mass is 31.2. The molecule has 1 saturated heterocycles. The first-order valence-electron chi connectivity index (χ1n) is 8.24. The van der Waals surface area contributed by atoms with Crippen LogP contribution in [0.1, 0.15) is 39.5 Å². The van der Waals surface area contributed by atoms with Gasteiger partial charge in [-0.3, -0.25) is 4.57 Å². The summed E-state index contributed by atoms with van der Waals surface area (Å²) in [6.45, 7) is 8.09. The van der Waals surface area contributed by atoms with Gasteiger partial charge >= 0.3 is 15.6 Å². The van der Waals surface area contributed by atoms with E-state index >= 15 is 0 Å². The molecule has 3 N–H and O–H groups in total. The fraction of sp³-hybridized carbons (Fsp3) is 1.00. The maximum atomic E-state index is 11.1. The lowest BCUT2D eigenvalue weighted by Gasteiger charge is -2.35. The summed E-state index contributed by atoms with van der Waals surface area (Å²) in [4.78, 5) is 27.1. The molecule has 130 valence electrons. The van der Waals surface area contributed by atoms with E-state index < -0.39 is 15.6 Å². The first kappa shape index (κ1) is 20.2. The van der Waals surface area contributed by atoms with Gasteiger partial charge in [0.05, 0.1) is 32.3 Å². The Labute approximate surface area is 134 Å². The minimum atomic E-state index is -3.94. The van der Waals surface area contributed by atoms with Crippen LogP contribution < -0.4 is 0 Å². The molecule has 0 aliphatic carbocycles. The van der Waals surface area contributed by atoms with E-state index in [0.717, 1.165) is 43.5 Å². The van der Waals surface area contributed by atoms with E-state index in [9.17, 15) is 9.13 Å².